The number of hydrogen-bond donors (Lipinski definition) is 2. The molecule has 3 nitrogen and oxygen atoms in total. The Hall–Kier alpha value is -1.38. The van der Waals surface area contributed by atoms with E-state index in [9.17, 15) is 0 Å². The molecule has 0 atom stereocenters. The van der Waals surface area contributed by atoms with Crippen molar-refractivity contribution >= 4 is 11.4 Å². The zero-order valence-corrected chi connectivity index (χ0v) is 8.59. The summed E-state index contributed by atoms with van der Waals surface area (Å²) in [5, 5.41) is 6.74. The highest BCUT2D eigenvalue weighted by Crippen LogP contribution is 2.23. The highest BCUT2D eigenvalue weighted by molar-refractivity contribution is 5.64. The van der Waals surface area contributed by atoms with Gasteiger partial charge in [0.15, 0.2) is 0 Å². The number of benzene rings is 1. The molecule has 0 aliphatic rings. The van der Waals surface area contributed by atoms with Crippen molar-refractivity contribution in [1.82, 2.24) is 0 Å². The van der Waals surface area contributed by atoms with E-state index < -0.39 is 0 Å². The van der Waals surface area contributed by atoms with E-state index in [0.717, 1.165) is 12.2 Å². The van der Waals surface area contributed by atoms with Crippen LogP contribution in [0.4, 0.5) is 11.4 Å². The van der Waals surface area contributed by atoms with Crippen LogP contribution in [-0.4, -0.2) is 6.54 Å². The summed E-state index contributed by atoms with van der Waals surface area (Å²) in [5.74, 6) is 0. The van der Waals surface area contributed by atoms with E-state index in [-0.39, 0.29) is 0 Å². The van der Waals surface area contributed by atoms with Crippen molar-refractivity contribution in [3.8, 4) is 0 Å². The van der Waals surface area contributed by atoms with Crippen molar-refractivity contribution < 1.29 is 0 Å². The van der Waals surface area contributed by atoms with E-state index in [4.69, 9.17) is 5.53 Å². The van der Waals surface area contributed by atoms with Gasteiger partial charge in [0, 0.05) is 6.54 Å². The van der Waals surface area contributed by atoms with Crippen LogP contribution in [0.2, 0.25) is 0 Å². The molecule has 0 saturated carbocycles. The molecule has 0 radical (unpaired) electrons. The van der Waals surface area contributed by atoms with Gasteiger partial charge in [-0.05, 0) is 18.6 Å². The number of unbranched alkanes of at least 4 members (excludes halogenated alkanes) is 2. The van der Waals surface area contributed by atoms with Crippen molar-refractivity contribution in [3.63, 3.8) is 0 Å². The highest BCUT2D eigenvalue weighted by atomic mass is 15.0. The van der Waals surface area contributed by atoms with Gasteiger partial charge in [-0.25, -0.2) is 5.53 Å². The molecule has 0 bridgehead atoms. The van der Waals surface area contributed by atoms with Gasteiger partial charge < -0.3 is 5.32 Å². The van der Waals surface area contributed by atoms with Gasteiger partial charge in [-0.2, -0.15) is 5.11 Å². The van der Waals surface area contributed by atoms with Crippen molar-refractivity contribution in [2.45, 2.75) is 26.2 Å². The minimum absolute atomic E-state index is 0.712. The third-order valence-corrected chi connectivity index (χ3v) is 2.12. The molecular formula is C11H17N3. The summed E-state index contributed by atoms with van der Waals surface area (Å²) in [6.07, 6.45) is 3.64. The van der Waals surface area contributed by atoms with E-state index in [1.54, 1.807) is 0 Å². The maximum absolute atomic E-state index is 6.99. The van der Waals surface area contributed by atoms with E-state index in [1.165, 1.54) is 19.3 Å². The average Bonchev–Trinajstić information content (AvgIpc) is 2.25. The summed E-state index contributed by atoms with van der Waals surface area (Å²) in [7, 11) is 0. The Morgan fingerprint density at radius 3 is 2.79 bits per heavy atom. The SMILES string of the molecule is CCCCCNc1ccccc1N=N. The van der Waals surface area contributed by atoms with E-state index in [2.05, 4.69) is 17.4 Å². The Labute approximate surface area is 85.0 Å². The largest absolute Gasteiger partial charge is 0.383 e. The van der Waals surface area contributed by atoms with Gasteiger partial charge in [0.25, 0.3) is 0 Å². The molecule has 3 heteroatoms. The molecule has 1 rings (SSSR count). The number of para-hydroxylation sites is 2. The molecule has 0 aliphatic carbocycles. The first-order valence-electron chi connectivity index (χ1n) is 5.09. The second kappa shape index (κ2) is 6.13. The number of hydrogen-bond acceptors (Lipinski definition) is 3. The molecule has 1 aromatic rings. The Kier molecular flexibility index (Phi) is 4.69. The lowest BCUT2D eigenvalue weighted by atomic mass is 10.2. The van der Waals surface area contributed by atoms with E-state index >= 15 is 0 Å². The van der Waals surface area contributed by atoms with Crippen LogP contribution >= 0.6 is 0 Å². The van der Waals surface area contributed by atoms with Crippen LogP contribution in [0.25, 0.3) is 0 Å². The molecule has 14 heavy (non-hydrogen) atoms. The van der Waals surface area contributed by atoms with Crippen molar-refractivity contribution in [2.75, 3.05) is 11.9 Å². The van der Waals surface area contributed by atoms with Crippen LogP contribution in [0.3, 0.4) is 0 Å². The Balaban J connectivity index is 2.45. The number of nitrogens with zero attached hydrogens (tertiary/aromatic N) is 1. The molecular weight excluding hydrogens is 174 g/mol. The Morgan fingerprint density at radius 1 is 1.29 bits per heavy atom. The van der Waals surface area contributed by atoms with Gasteiger partial charge in [-0.1, -0.05) is 31.9 Å². The lowest BCUT2D eigenvalue weighted by Gasteiger charge is -2.07. The molecule has 1 aromatic carbocycles. The predicted octanol–water partition coefficient (Wildman–Crippen LogP) is 3.95. The van der Waals surface area contributed by atoms with Crippen molar-refractivity contribution in [2.24, 2.45) is 5.11 Å². The molecule has 0 unspecified atom stereocenters. The molecule has 0 aliphatic heterocycles. The molecule has 0 saturated heterocycles. The summed E-state index contributed by atoms with van der Waals surface area (Å²) >= 11 is 0. The molecule has 0 fully saturated rings. The van der Waals surface area contributed by atoms with Gasteiger partial charge >= 0.3 is 0 Å². The van der Waals surface area contributed by atoms with Gasteiger partial charge in [0.1, 0.15) is 5.69 Å². The van der Waals surface area contributed by atoms with Crippen LogP contribution in [0.5, 0.6) is 0 Å². The smallest absolute Gasteiger partial charge is 0.108 e. The fourth-order valence-electron chi connectivity index (χ4n) is 1.32. The molecule has 0 spiro atoms. The number of rotatable bonds is 6. The average molecular weight is 191 g/mol. The second-order valence-electron chi connectivity index (χ2n) is 3.26. The molecule has 0 amide bonds. The van der Waals surface area contributed by atoms with Gasteiger partial charge in [0.05, 0.1) is 5.69 Å². The summed E-state index contributed by atoms with van der Waals surface area (Å²) < 4.78 is 0. The van der Waals surface area contributed by atoms with E-state index in [1.807, 2.05) is 24.3 Å². The fraction of sp³-hybridized carbons (Fsp3) is 0.455. The quantitative estimate of drug-likeness (QED) is 0.519. The first kappa shape index (κ1) is 10.7. The van der Waals surface area contributed by atoms with E-state index in [0.29, 0.717) is 5.69 Å². The first-order chi connectivity index (χ1) is 6.88. The summed E-state index contributed by atoms with van der Waals surface area (Å²) in [6.45, 7) is 3.15. The monoisotopic (exact) mass is 191 g/mol. The standard InChI is InChI=1S/C11H17N3/c1-2-3-6-9-13-10-7-4-5-8-11(10)14-12/h4-5,7-8,12-13H,2-3,6,9H2,1H3. The lowest BCUT2D eigenvalue weighted by Crippen LogP contribution is -2.00. The third kappa shape index (κ3) is 3.17. The molecule has 0 aromatic heterocycles. The third-order valence-electron chi connectivity index (χ3n) is 2.12. The van der Waals surface area contributed by atoms with Gasteiger partial charge in [0.2, 0.25) is 0 Å². The maximum Gasteiger partial charge on any atom is 0.108 e. The van der Waals surface area contributed by atoms with Crippen LogP contribution in [0, 0.1) is 5.53 Å². The first-order valence-corrected chi connectivity index (χ1v) is 5.09. The summed E-state index contributed by atoms with van der Waals surface area (Å²) in [4.78, 5) is 0. The highest BCUT2D eigenvalue weighted by Gasteiger charge is 1.97. The summed E-state index contributed by atoms with van der Waals surface area (Å²) in [6, 6.07) is 7.65. The van der Waals surface area contributed by atoms with Gasteiger partial charge in [-0.15, -0.1) is 0 Å². The zero-order valence-electron chi connectivity index (χ0n) is 8.59. The Bertz CT molecular complexity index is 284. The minimum Gasteiger partial charge on any atom is -0.383 e. The minimum atomic E-state index is 0.712. The normalized spacial score (nSPS) is 9.79. The summed E-state index contributed by atoms with van der Waals surface area (Å²) in [5.41, 5.74) is 8.66. The van der Waals surface area contributed by atoms with Crippen LogP contribution < -0.4 is 5.32 Å². The van der Waals surface area contributed by atoms with Crippen LogP contribution in [-0.2, 0) is 0 Å². The van der Waals surface area contributed by atoms with Crippen LogP contribution in [0.15, 0.2) is 29.4 Å². The molecule has 2 N–H and O–H groups in total. The fourth-order valence-corrected chi connectivity index (χ4v) is 1.32. The van der Waals surface area contributed by atoms with Crippen molar-refractivity contribution in [1.29, 1.82) is 5.53 Å². The van der Waals surface area contributed by atoms with Crippen molar-refractivity contribution in [3.05, 3.63) is 24.3 Å². The molecule has 0 heterocycles. The lowest BCUT2D eigenvalue weighted by molar-refractivity contribution is 0.744. The number of anilines is 1. The Morgan fingerprint density at radius 2 is 2.07 bits per heavy atom. The maximum atomic E-state index is 6.99. The van der Waals surface area contributed by atoms with Crippen LogP contribution in [0.1, 0.15) is 26.2 Å². The van der Waals surface area contributed by atoms with Gasteiger partial charge in [-0.3, -0.25) is 0 Å². The zero-order chi connectivity index (χ0) is 10.2. The second-order valence-corrected chi connectivity index (χ2v) is 3.26. The topological polar surface area (TPSA) is 48.2 Å². The number of nitrogens with one attached hydrogen (secondary N) is 2. The molecule has 76 valence electrons. The predicted molar refractivity (Wildman–Crippen MR) is 59.3 cm³/mol.